The fourth-order valence-corrected chi connectivity index (χ4v) is 3.72. The van der Waals surface area contributed by atoms with Crippen LogP contribution >= 0.6 is 15.9 Å². The quantitative estimate of drug-likeness (QED) is 0.709. The van der Waals surface area contributed by atoms with Gasteiger partial charge in [0.1, 0.15) is 5.58 Å². The summed E-state index contributed by atoms with van der Waals surface area (Å²) in [5.74, 6) is -0.262. The molecule has 0 fully saturated rings. The highest BCUT2D eigenvalue weighted by molar-refractivity contribution is 9.10. The van der Waals surface area contributed by atoms with Crippen molar-refractivity contribution < 1.29 is 14.3 Å². The average molecular weight is 415 g/mol. The first-order valence-corrected chi connectivity index (χ1v) is 8.99. The lowest BCUT2D eigenvalue weighted by atomic mass is 9.99. The zero-order chi connectivity index (χ0) is 18.3. The van der Waals surface area contributed by atoms with Gasteiger partial charge in [-0.2, -0.15) is 0 Å². The van der Waals surface area contributed by atoms with Gasteiger partial charge in [-0.1, -0.05) is 15.9 Å². The maximum absolute atomic E-state index is 13.2. The Balaban J connectivity index is 1.98. The topological polar surface area (TPSA) is 83.6 Å². The third kappa shape index (κ3) is 2.64. The molecule has 1 aliphatic heterocycles. The number of benzene rings is 1. The Morgan fingerprint density at radius 3 is 2.69 bits per heavy atom. The van der Waals surface area contributed by atoms with Gasteiger partial charge >= 0.3 is 0 Å². The molecular formula is C19H15BrN2O4. The molecule has 3 aromatic rings. The number of aliphatic hydroxyl groups is 1. The lowest BCUT2D eigenvalue weighted by Gasteiger charge is -2.24. The van der Waals surface area contributed by atoms with Crippen molar-refractivity contribution in [2.45, 2.75) is 12.5 Å². The highest BCUT2D eigenvalue weighted by Gasteiger charge is 2.42. The van der Waals surface area contributed by atoms with Crippen molar-refractivity contribution >= 4 is 32.8 Å². The van der Waals surface area contributed by atoms with E-state index in [9.17, 15) is 14.7 Å². The molecule has 1 N–H and O–H groups in total. The number of carbonyl (C=O) groups excluding carboxylic acids is 1. The minimum absolute atomic E-state index is 0.0422. The molecule has 3 heterocycles. The molecule has 0 radical (unpaired) electrons. The largest absolute Gasteiger partial charge is 0.450 e. The van der Waals surface area contributed by atoms with Crippen LogP contribution in [-0.4, -0.2) is 34.0 Å². The minimum atomic E-state index is -0.549. The molecule has 26 heavy (non-hydrogen) atoms. The molecule has 0 saturated carbocycles. The van der Waals surface area contributed by atoms with E-state index in [2.05, 4.69) is 20.9 Å². The van der Waals surface area contributed by atoms with Gasteiger partial charge in [0.25, 0.3) is 5.91 Å². The van der Waals surface area contributed by atoms with Crippen molar-refractivity contribution in [3.8, 4) is 0 Å². The molecule has 1 aromatic carbocycles. The summed E-state index contributed by atoms with van der Waals surface area (Å²) in [6.45, 7) is 0.283. The number of amides is 1. The second-order valence-electron chi connectivity index (χ2n) is 6.07. The molecule has 0 spiro atoms. The van der Waals surface area contributed by atoms with E-state index in [0.717, 1.165) is 10.0 Å². The predicted octanol–water partition coefficient (Wildman–Crippen LogP) is 2.88. The van der Waals surface area contributed by atoms with E-state index in [-0.39, 0.29) is 23.7 Å². The molecule has 4 rings (SSSR count). The Labute approximate surface area is 157 Å². The molecule has 7 heteroatoms. The fourth-order valence-electron chi connectivity index (χ4n) is 3.36. The van der Waals surface area contributed by atoms with Gasteiger partial charge < -0.3 is 14.4 Å². The Hall–Kier alpha value is -2.51. The highest BCUT2D eigenvalue weighted by atomic mass is 79.9. The van der Waals surface area contributed by atoms with Crippen molar-refractivity contribution in [1.82, 2.24) is 9.88 Å². The van der Waals surface area contributed by atoms with E-state index < -0.39 is 6.04 Å². The van der Waals surface area contributed by atoms with Crippen LogP contribution in [0.5, 0.6) is 0 Å². The lowest BCUT2D eigenvalue weighted by molar-refractivity contribution is 0.0716. The van der Waals surface area contributed by atoms with Crippen LogP contribution < -0.4 is 5.43 Å². The predicted molar refractivity (Wildman–Crippen MR) is 99.0 cm³/mol. The number of halogens is 1. The van der Waals surface area contributed by atoms with Gasteiger partial charge in [-0.05, 0) is 42.3 Å². The van der Waals surface area contributed by atoms with E-state index in [1.807, 2.05) is 0 Å². The fraction of sp³-hybridized carbons (Fsp3) is 0.211. The summed E-state index contributed by atoms with van der Waals surface area (Å²) in [5.41, 5.74) is 1.28. The van der Waals surface area contributed by atoms with Gasteiger partial charge in [-0.15, -0.1) is 0 Å². The van der Waals surface area contributed by atoms with Crippen molar-refractivity contribution in [2.75, 3.05) is 13.2 Å². The molecule has 132 valence electrons. The number of aliphatic hydroxyl groups excluding tert-OH is 1. The molecule has 0 aliphatic carbocycles. The van der Waals surface area contributed by atoms with E-state index in [1.54, 1.807) is 47.6 Å². The molecule has 1 unspecified atom stereocenters. The summed E-state index contributed by atoms with van der Waals surface area (Å²) in [4.78, 5) is 31.7. The number of pyridine rings is 1. The van der Waals surface area contributed by atoms with Crippen LogP contribution in [-0.2, 0) is 0 Å². The standard InChI is InChI=1S/C19H15BrN2O4/c20-12-2-3-14-13(10-12)17(24)15-16(11-4-6-21-7-5-11)22(8-1-9-23)19(25)18(15)26-14/h2-7,10,16,23H,1,8-9H2. The van der Waals surface area contributed by atoms with Gasteiger partial charge in [-0.3, -0.25) is 14.6 Å². The first-order chi connectivity index (χ1) is 12.6. The van der Waals surface area contributed by atoms with E-state index in [1.165, 1.54) is 0 Å². The highest BCUT2D eigenvalue weighted by Crippen LogP contribution is 2.38. The lowest BCUT2D eigenvalue weighted by Crippen LogP contribution is -2.31. The average Bonchev–Trinajstić information content (AvgIpc) is 2.94. The number of rotatable bonds is 4. The number of aromatic nitrogens is 1. The van der Waals surface area contributed by atoms with Gasteiger partial charge in [0, 0.05) is 30.0 Å². The maximum Gasteiger partial charge on any atom is 0.290 e. The van der Waals surface area contributed by atoms with Gasteiger partial charge in [-0.25, -0.2) is 0 Å². The normalized spacial score (nSPS) is 16.3. The minimum Gasteiger partial charge on any atom is -0.450 e. The monoisotopic (exact) mass is 414 g/mol. The first-order valence-electron chi connectivity index (χ1n) is 8.20. The van der Waals surface area contributed by atoms with Crippen LogP contribution in [0.3, 0.4) is 0 Å². The summed E-state index contributed by atoms with van der Waals surface area (Å²) >= 11 is 3.37. The molecule has 6 nitrogen and oxygen atoms in total. The summed E-state index contributed by atoms with van der Waals surface area (Å²) in [5, 5.41) is 9.61. The van der Waals surface area contributed by atoms with Crippen LogP contribution in [0.1, 0.15) is 34.1 Å². The van der Waals surface area contributed by atoms with Crippen LogP contribution in [0.15, 0.2) is 56.4 Å². The molecule has 1 atom stereocenters. The molecule has 0 saturated heterocycles. The van der Waals surface area contributed by atoms with Crippen LogP contribution in [0.4, 0.5) is 0 Å². The Kier molecular flexibility index (Phi) is 4.34. The number of hydrogen-bond donors (Lipinski definition) is 1. The summed E-state index contributed by atoms with van der Waals surface area (Å²) in [6.07, 6.45) is 3.67. The third-order valence-electron chi connectivity index (χ3n) is 4.51. The Morgan fingerprint density at radius 1 is 1.19 bits per heavy atom. The van der Waals surface area contributed by atoms with Gasteiger partial charge in [0.15, 0.2) is 5.43 Å². The Bertz CT molecular complexity index is 1050. The second kappa shape index (κ2) is 6.66. The molecular weight excluding hydrogens is 400 g/mol. The molecule has 1 amide bonds. The van der Waals surface area contributed by atoms with Crippen molar-refractivity contribution in [2.24, 2.45) is 0 Å². The smallest absolute Gasteiger partial charge is 0.290 e. The molecule has 0 bridgehead atoms. The zero-order valence-electron chi connectivity index (χ0n) is 13.7. The van der Waals surface area contributed by atoms with Crippen LogP contribution in [0, 0.1) is 0 Å². The SMILES string of the molecule is O=C1c2oc3ccc(Br)cc3c(=O)c2C(c2ccncc2)N1CCCO. The van der Waals surface area contributed by atoms with E-state index in [0.29, 0.717) is 29.5 Å². The maximum atomic E-state index is 13.2. The number of hydrogen-bond acceptors (Lipinski definition) is 5. The second-order valence-corrected chi connectivity index (χ2v) is 6.99. The van der Waals surface area contributed by atoms with Gasteiger partial charge in [0.05, 0.1) is 17.0 Å². The third-order valence-corrected chi connectivity index (χ3v) is 5.00. The first kappa shape index (κ1) is 16.9. The molecule has 2 aromatic heterocycles. The van der Waals surface area contributed by atoms with Crippen molar-refractivity contribution in [3.05, 3.63) is 74.3 Å². The van der Waals surface area contributed by atoms with E-state index >= 15 is 0 Å². The van der Waals surface area contributed by atoms with Crippen molar-refractivity contribution in [3.63, 3.8) is 0 Å². The number of fused-ring (bicyclic) bond motifs is 2. The summed E-state index contributed by atoms with van der Waals surface area (Å²) in [6, 6.07) is 8.15. The molecule has 1 aliphatic rings. The summed E-state index contributed by atoms with van der Waals surface area (Å²) in [7, 11) is 0. The number of carbonyl (C=O) groups is 1. The van der Waals surface area contributed by atoms with Crippen molar-refractivity contribution in [1.29, 1.82) is 0 Å². The van der Waals surface area contributed by atoms with Crippen LogP contribution in [0.25, 0.3) is 11.0 Å². The number of nitrogens with zero attached hydrogens (tertiary/aromatic N) is 2. The van der Waals surface area contributed by atoms with E-state index in [4.69, 9.17) is 4.42 Å². The summed E-state index contributed by atoms with van der Waals surface area (Å²) < 4.78 is 6.59. The van der Waals surface area contributed by atoms with Crippen LogP contribution in [0.2, 0.25) is 0 Å². The zero-order valence-corrected chi connectivity index (χ0v) is 15.3. The Morgan fingerprint density at radius 2 is 1.96 bits per heavy atom. The van der Waals surface area contributed by atoms with Gasteiger partial charge in [0.2, 0.25) is 5.76 Å².